The number of nitrogens with zero attached hydrogens (tertiary/aromatic N) is 1. The lowest BCUT2D eigenvalue weighted by atomic mass is 9.93. The van der Waals surface area contributed by atoms with Crippen molar-refractivity contribution in [3.8, 4) is 0 Å². The largest absolute Gasteiger partial charge is 0.396 e. The SMILES string of the molecule is CC1CCC(CO)CN1C(=O)C1CC1c1ccc(Cl)cc1Cl. The molecule has 1 saturated heterocycles. The molecule has 2 fully saturated rings. The zero-order chi connectivity index (χ0) is 15.9. The van der Waals surface area contributed by atoms with Crippen molar-refractivity contribution in [3.05, 3.63) is 33.8 Å². The Kier molecular flexibility index (Phi) is 4.67. The first-order valence-electron chi connectivity index (χ1n) is 7.87. The van der Waals surface area contributed by atoms with Crippen LogP contribution in [-0.2, 0) is 4.79 Å². The molecule has 3 nitrogen and oxygen atoms in total. The summed E-state index contributed by atoms with van der Waals surface area (Å²) in [5.41, 5.74) is 1.02. The van der Waals surface area contributed by atoms with Crippen molar-refractivity contribution in [1.82, 2.24) is 4.90 Å². The van der Waals surface area contributed by atoms with Gasteiger partial charge in [-0.05, 0) is 55.7 Å². The molecule has 120 valence electrons. The monoisotopic (exact) mass is 341 g/mol. The Morgan fingerprint density at radius 3 is 2.82 bits per heavy atom. The summed E-state index contributed by atoms with van der Waals surface area (Å²) in [5.74, 6) is 0.663. The van der Waals surface area contributed by atoms with Crippen LogP contribution in [0.1, 0.15) is 37.7 Å². The lowest BCUT2D eigenvalue weighted by Gasteiger charge is -2.37. The molecule has 2 aliphatic rings. The van der Waals surface area contributed by atoms with E-state index in [9.17, 15) is 9.90 Å². The summed E-state index contributed by atoms with van der Waals surface area (Å²) in [7, 11) is 0. The van der Waals surface area contributed by atoms with E-state index in [0.717, 1.165) is 24.8 Å². The van der Waals surface area contributed by atoms with Gasteiger partial charge in [-0.1, -0.05) is 29.3 Å². The van der Waals surface area contributed by atoms with Crippen LogP contribution in [0.3, 0.4) is 0 Å². The van der Waals surface area contributed by atoms with E-state index in [1.54, 1.807) is 6.07 Å². The van der Waals surface area contributed by atoms with Gasteiger partial charge in [-0.2, -0.15) is 0 Å². The van der Waals surface area contributed by atoms with Crippen molar-refractivity contribution in [2.45, 2.75) is 38.1 Å². The molecule has 1 amide bonds. The fourth-order valence-electron chi connectivity index (χ4n) is 3.47. The standard InChI is InChI=1S/C17H21Cl2NO2/c1-10-2-3-11(9-21)8-20(10)17(22)15-7-14(15)13-5-4-12(18)6-16(13)19/h4-6,10-11,14-15,21H,2-3,7-9H2,1H3. The lowest BCUT2D eigenvalue weighted by molar-refractivity contribution is -0.137. The summed E-state index contributed by atoms with van der Waals surface area (Å²) in [6.45, 7) is 2.93. The number of aliphatic hydroxyl groups is 1. The molecule has 1 heterocycles. The summed E-state index contributed by atoms with van der Waals surface area (Å²) in [6, 6.07) is 5.76. The van der Waals surface area contributed by atoms with Crippen LogP contribution in [-0.4, -0.2) is 35.1 Å². The normalized spacial score (nSPS) is 31.2. The average Bonchev–Trinajstić information content (AvgIpc) is 3.27. The van der Waals surface area contributed by atoms with Gasteiger partial charge in [0.15, 0.2) is 0 Å². The maximum atomic E-state index is 12.8. The van der Waals surface area contributed by atoms with E-state index in [-0.39, 0.29) is 36.3 Å². The number of likely N-dealkylation sites (tertiary alicyclic amines) is 1. The van der Waals surface area contributed by atoms with Gasteiger partial charge in [-0.15, -0.1) is 0 Å². The van der Waals surface area contributed by atoms with Gasteiger partial charge in [0.2, 0.25) is 5.91 Å². The van der Waals surface area contributed by atoms with Crippen molar-refractivity contribution in [3.63, 3.8) is 0 Å². The fraction of sp³-hybridized carbons (Fsp3) is 0.588. The second kappa shape index (κ2) is 6.38. The number of rotatable bonds is 3. The molecule has 5 heteroatoms. The molecule has 0 radical (unpaired) electrons. The third kappa shape index (κ3) is 3.12. The van der Waals surface area contributed by atoms with Crippen molar-refractivity contribution < 1.29 is 9.90 Å². The zero-order valence-electron chi connectivity index (χ0n) is 12.6. The maximum Gasteiger partial charge on any atom is 0.226 e. The molecule has 1 N–H and O–H groups in total. The molecule has 4 unspecified atom stereocenters. The fourth-order valence-corrected chi connectivity index (χ4v) is 4.01. The average molecular weight is 342 g/mol. The highest BCUT2D eigenvalue weighted by Gasteiger charge is 2.48. The highest BCUT2D eigenvalue weighted by atomic mass is 35.5. The molecular formula is C17H21Cl2NO2. The quantitative estimate of drug-likeness (QED) is 0.910. The van der Waals surface area contributed by atoms with Crippen LogP contribution in [0.2, 0.25) is 10.0 Å². The van der Waals surface area contributed by atoms with Crippen LogP contribution in [0.4, 0.5) is 0 Å². The third-order valence-corrected chi connectivity index (χ3v) is 5.55. The van der Waals surface area contributed by atoms with Gasteiger partial charge in [-0.25, -0.2) is 0 Å². The minimum Gasteiger partial charge on any atom is -0.396 e. The topological polar surface area (TPSA) is 40.5 Å². The van der Waals surface area contributed by atoms with Gasteiger partial charge < -0.3 is 10.0 Å². The van der Waals surface area contributed by atoms with Crippen LogP contribution in [0.25, 0.3) is 0 Å². The predicted molar refractivity (Wildman–Crippen MR) is 88.3 cm³/mol. The number of halogens is 2. The lowest BCUT2D eigenvalue weighted by Crippen LogP contribution is -2.47. The van der Waals surface area contributed by atoms with Crippen molar-refractivity contribution >= 4 is 29.1 Å². The van der Waals surface area contributed by atoms with Gasteiger partial charge in [0, 0.05) is 35.2 Å². The molecule has 0 aromatic heterocycles. The molecule has 4 atom stereocenters. The minimum absolute atomic E-state index is 0.0265. The molecule has 22 heavy (non-hydrogen) atoms. The van der Waals surface area contributed by atoms with Gasteiger partial charge >= 0.3 is 0 Å². The smallest absolute Gasteiger partial charge is 0.226 e. The first-order valence-corrected chi connectivity index (χ1v) is 8.63. The summed E-state index contributed by atoms with van der Waals surface area (Å²) in [6.07, 6.45) is 2.82. The second-order valence-corrected chi connectivity index (χ2v) is 7.42. The number of carbonyl (C=O) groups excluding carboxylic acids is 1. The van der Waals surface area contributed by atoms with Gasteiger partial charge in [0.1, 0.15) is 0 Å². The molecule has 3 rings (SSSR count). The Balaban J connectivity index is 1.69. The minimum atomic E-state index is 0.0265. The molecule has 0 bridgehead atoms. The second-order valence-electron chi connectivity index (χ2n) is 6.58. The van der Waals surface area contributed by atoms with E-state index < -0.39 is 0 Å². The van der Waals surface area contributed by atoms with Crippen LogP contribution in [0.5, 0.6) is 0 Å². The molecule has 1 aromatic rings. The summed E-state index contributed by atoms with van der Waals surface area (Å²) < 4.78 is 0. The first-order chi connectivity index (χ1) is 10.5. The molecule has 0 spiro atoms. The van der Waals surface area contributed by atoms with Crippen molar-refractivity contribution in [2.75, 3.05) is 13.2 Å². The molecule has 1 aromatic carbocycles. The highest BCUT2D eigenvalue weighted by Crippen LogP contribution is 2.51. The summed E-state index contributed by atoms with van der Waals surface area (Å²) in [5, 5.41) is 10.6. The van der Waals surface area contributed by atoms with E-state index in [1.807, 2.05) is 17.0 Å². The van der Waals surface area contributed by atoms with Crippen molar-refractivity contribution in [2.24, 2.45) is 11.8 Å². The zero-order valence-corrected chi connectivity index (χ0v) is 14.1. The molecular weight excluding hydrogens is 321 g/mol. The van der Waals surface area contributed by atoms with Crippen LogP contribution >= 0.6 is 23.2 Å². The number of aliphatic hydroxyl groups excluding tert-OH is 1. The molecule has 1 aliphatic carbocycles. The third-order valence-electron chi connectivity index (χ3n) is 4.99. The van der Waals surface area contributed by atoms with Gasteiger partial charge in [0.05, 0.1) is 0 Å². The number of amides is 1. The Bertz CT molecular complexity index is 578. The molecule has 1 saturated carbocycles. The first kappa shape index (κ1) is 16.1. The maximum absolute atomic E-state index is 12.8. The van der Waals surface area contributed by atoms with Crippen LogP contribution in [0, 0.1) is 11.8 Å². The van der Waals surface area contributed by atoms with E-state index in [4.69, 9.17) is 23.2 Å². The van der Waals surface area contributed by atoms with Gasteiger partial charge in [-0.3, -0.25) is 4.79 Å². The van der Waals surface area contributed by atoms with Gasteiger partial charge in [0.25, 0.3) is 0 Å². The molecule has 1 aliphatic heterocycles. The van der Waals surface area contributed by atoms with Crippen molar-refractivity contribution in [1.29, 1.82) is 0 Å². The van der Waals surface area contributed by atoms with E-state index in [0.29, 0.717) is 16.6 Å². The Hall–Kier alpha value is -0.770. The highest BCUT2D eigenvalue weighted by molar-refractivity contribution is 6.35. The number of hydrogen-bond acceptors (Lipinski definition) is 2. The van der Waals surface area contributed by atoms with E-state index >= 15 is 0 Å². The number of carbonyl (C=O) groups is 1. The Labute approximate surface area is 141 Å². The predicted octanol–water partition coefficient (Wildman–Crippen LogP) is 3.72. The summed E-state index contributed by atoms with van der Waals surface area (Å²) >= 11 is 12.2. The Morgan fingerprint density at radius 2 is 2.14 bits per heavy atom. The van der Waals surface area contributed by atoms with Crippen LogP contribution < -0.4 is 0 Å². The Morgan fingerprint density at radius 1 is 1.36 bits per heavy atom. The van der Waals surface area contributed by atoms with Crippen LogP contribution in [0.15, 0.2) is 18.2 Å². The van der Waals surface area contributed by atoms with E-state index in [2.05, 4.69) is 6.92 Å². The summed E-state index contributed by atoms with van der Waals surface area (Å²) in [4.78, 5) is 14.7. The number of piperidine rings is 1. The number of hydrogen-bond donors (Lipinski definition) is 1. The number of benzene rings is 1. The van der Waals surface area contributed by atoms with E-state index in [1.165, 1.54) is 0 Å².